The van der Waals surface area contributed by atoms with E-state index >= 15 is 0 Å². The second kappa shape index (κ2) is 14.1. The molecule has 0 aromatic heterocycles. The SMILES string of the molecule is Cc1cc(OCCCNCC(C)(C)C(N)=O)ccc1CC1=C(C(C)C)NNC1O[C@@H]1O[C@H](CO)[C@@H](O)[C@H](O)[C@H]1O. The number of nitrogens with two attached hydrogens (primary N) is 1. The Morgan fingerprint density at radius 1 is 1.20 bits per heavy atom. The Morgan fingerprint density at radius 2 is 1.93 bits per heavy atom. The van der Waals surface area contributed by atoms with Crippen LogP contribution in [0.25, 0.3) is 0 Å². The molecular formula is C28H46N4O8. The number of aliphatic hydroxyl groups excluding tert-OH is 4. The Bertz CT molecular complexity index is 1030. The van der Waals surface area contributed by atoms with E-state index in [1.165, 1.54) is 0 Å². The van der Waals surface area contributed by atoms with Gasteiger partial charge in [-0.2, -0.15) is 0 Å². The molecule has 0 bridgehead atoms. The van der Waals surface area contributed by atoms with E-state index < -0.39 is 49.0 Å². The summed E-state index contributed by atoms with van der Waals surface area (Å²) in [6, 6.07) is 5.91. The van der Waals surface area contributed by atoms with E-state index in [2.05, 4.69) is 16.2 Å². The maximum atomic E-state index is 11.4. The van der Waals surface area contributed by atoms with Gasteiger partial charge in [0.05, 0.1) is 18.6 Å². The van der Waals surface area contributed by atoms with Gasteiger partial charge in [-0.1, -0.05) is 19.9 Å². The molecule has 0 aliphatic carbocycles. The van der Waals surface area contributed by atoms with Gasteiger partial charge < -0.3 is 51.1 Å². The first kappa shape index (κ1) is 32.2. The van der Waals surface area contributed by atoms with Crippen LogP contribution in [0.4, 0.5) is 0 Å². The van der Waals surface area contributed by atoms with E-state index in [-0.39, 0.29) is 11.8 Å². The van der Waals surface area contributed by atoms with Crippen LogP contribution in [0, 0.1) is 18.3 Å². The first-order valence-electron chi connectivity index (χ1n) is 13.8. The second-order valence-corrected chi connectivity index (χ2v) is 11.5. The number of aryl methyl sites for hydroxylation is 1. The molecule has 3 rings (SSSR count). The number of hydrazine groups is 1. The smallest absolute Gasteiger partial charge is 0.224 e. The van der Waals surface area contributed by atoms with Crippen molar-refractivity contribution in [1.29, 1.82) is 0 Å². The lowest BCUT2D eigenvalue weighted by atomic mass is 9.93. The summed E-state index contributed by atoms with van der Waals surface area (Å²) in [4.78, 5) is 11.4. The molecule has 2 aliphatic heterocycles. The molecule has 2 heterocycles. The number of benzene rings is 1. The van der Waals surface area contributed by atoms with Crippen LogP contribution in [0.5, 0.6) is 5.75 Å². The summed E-state index contributed by atoms with van der Waals surface area (Å²) in [5.74, 6) is 0.573. The van der Waals surface area contributed by atoms with E-state index in [1.54, 1.807) is 0 Å². The van der Waals surface area contributed by atoms with Gasteiger partial charge in [0, 0.05) is 12.2 Å². The molecule has 1 unspecified atom stereocenters. The molecule has 12 heteroatoms. The summed E-state index contributed by atoms with van der Waals surface area (Å²) in [5.41, 5.74) is 15.0. The first-order chi connectivity index (χ1) is 18.9. The largest absolute Gasteiger partial charge is 0.494 e. The highest BCUT2D eigenvalue weighted by atomic mass is 16.7. The number of primary amides is 1. The van der Waals surface area contributed by atoms with Gasteiger partial charge in [0.1, 0.15) is 30.2 Å². The van der Waals surface area contributed by atoms with Crippen LogP contribution in [0.2, 0.25) is 0 Å². The maximum absolute atomic E-state index is 11.4. The standard InChI is InChI=1S/C28H46N4O8/c1-15(2)21-19(25(32-31-21)40-26-24(36)23(35)22(34)20(13-33)39-26)12-17-7-8-18(11-16(17)3)38-10-6-9-30-14-28(4,5)27(29)37/h7-8,11,15,20,22-26,30-36H,6,9-10,12-14H2,1-5H3,(H2,29,37)/t20-,22-,23+,24-,25?,26+/m1/s1. The van der Waals surface area contributed by atoms with Crippen LogP contribution < -0.4 is 26.6 Å². The Morgan fingerprint density at radius 3 is 2.55 bits per heavy atom. The molecule has 1 saturated heterocycles. The molecule has 40 heavy (non-hydrogen) atoms. The zero-order valence-corrected chi connectivity index (χ0v) is 24.0. The monoisotopic (exact) mass is 566 g/mol. The molecule has 9 N–H and O–H groups in total. The number of nitrogens with one attached hydrogen (secondary N) is 3. The average Bonchev–Trinajstić information content (AvgIpc) is 3.30. The number of carbonyl (C=O) groups is 1. The van der Waals surface area contributed by atoms with Crippen LogP contribution in [-0.4, -0.2) is 89.6 Å². The number of aliphatic hydroxyl groups is 4. The van der Waals surface area contributed by atoms with Crippen molar-refractivity contribution in [1.82, 2.24) is 16.2 Å². The van der Waals surface area contributed by atoms with Gasteiger partial charge >= 0.3 is 0 Å². The van der Waals surface area contributed by atoms with Gasteiger partial charge in [0.15, 0.2) is 12.5 Å². The molecule has 0 radical (unpaired) electrons. The molecular weight excluding hydrogens is 520 g/mol. The molecule has 1 amide bonds. The predicted molar refractivity (Wildman–Crippen MR) is 148 cm³/mol. The van der Waals surface area contributed by atoms with E-state index in [1.807, 2.05) is 52.8 Å². The van der Waals surface area contributed by atoms with Crippen molar-refractivity contribution < 1.29 is 39.4 Å². The van der Waals surface area contributed by atoms with Crippen molar-refractivity contribution in [2.24, 2.45) is 17.1 Å². The first-order valence-corrected chi connectivity index (χ1v) is 13.8. The highest BCUT2D eigenvalue weighted by Gasteiger charge is 2.45. The van der Waals surface area contributed by atoms with E-state index in [0.717, 1.165) is 34.6 Å². The van der Waals surface area contributed by atoms with Crippen LogP contribution in [0.1, 0.15) is 45.2 Å². The molecule has 12 nitrogen and oxygen atoms in total. The fourth-order valence-electron chi connectivity index (χ4n) is 4.62. The minimum atomic E-state index is -1.52. The quantitative estimate of drug-likeness (QED) is 0.137. The number of rotatable bonds is 14. The highest BCUT2D eigenvalue weighted by molar-refractivity contribution is 5.80. The molecule has 0 saturated carbocycles. The van der Waals surface area contributed by atoms with Gasteiger partial charge in [0.25, 0.3) is 0 Å². The van der Waals surface area contributed by atoms with Gasteiger partial charge in [-0.25, -0.2) is 5.43 Å². The Kier molecular flexibility index (Phi) is 11.3. The third kappa shape index (κ3) is 7.92. The van der Waals surface area contributed by atoms with Crippen molar-refractivity contribution in [3.63, 3.8) is 0 Å². The van der Waals surface area contributed by atoms with Crippen molar-refractivity contribution in [2.75, 3.05) is 26.3 Å². The van der Waals surface area contributed by atoms with Crippen molar-refractivity contribution >= 4 is 5.91 Å². The number of allylic oxidation sites excluding steroid dienone is 1. The molecule has 1 aromatic rings. The summed E-state index contributed by atoms with van der Waals surface area (Å²) < 4.78 is 17.5. The zero-order chi connectivity index (χ0) is 29.6. The summed E-state index contributed by atoms with van der Waals surface area (Å²) in [6.07, 6.45) is -6.14. The second-order valence-electron chi connectivity index (χ2n) is 11.5. The van der Waals surface area contributed by atoms with Gasteiger partial charge in [0.2, 0.25) is 5.91 Å². The lowest BCUT2D eigenvalue weighted by Gasteiger charge is -2.40. The zero-order valence-electron chi connectivity index (χ0n) is 24.0. The van der Waals surface area contributed by atoms with Crippen molar-refractivity contribution in [3.8, 4) is 5.75 Å². The van der Waals surface area contributed by atoms with Crippen molar-refractivity contribution in [3.05, 3.63) is 40.6 Å². The summed E-state index contributed by atoms with van der Waals surface area (Å²) in [7, 11) is 0. The van der Waals surface area contributed by atoms with Gasteiger partial charge in [-0.3, -0.25) is 4.79 Å². The fourth-order valence-corrected chi connectivity index (χ4v) is 4.62. The average molecular weight is 567 g/mol. The highest BCUT2D eigenvalue weighted by Crippen LogP contribution is 2.30. The molecule has 226 valence electrons. The number of ether oxygens (including phenoxy) is 3. The lowest BCUT2D eigenvalue weighted by molar-refractivity contribution is -0.310. The molecule has 0 spiro atoms. The molecule has 2 aliphatic rings. The predicted octanol–water partition coefficient (Wildman–Crippen LogP) is -0.432. The van der Waals surface area contributed by atoms with Gasteiger partial charge in [-0.05, 0) is 74.9 Å². The third-order valence-electron chi connectivity index (χ3n) is 7.39. The summed E-state index contributed by atoms with van der Waals surface area (Å²) in [6.45, 7) is 10.9. The maximum Gasteiger partial charge on any atom is 0.224 e. The molecule has 1 fully saturated rings. The Hall–Kier alpha value is -2.29. The van der Waals surface area contributed by atoms with Crippen LogP contribution >= 0.6 is 0 Å². The van der Waals surface area contributed by atoms with E-state index in [9.17, 15) is 25.2 Å². The van der Waals surface area contributed by atoms with E-state index in [0.29, 0.717) is 26.1 Å². The molecule has 1 aromatic carbocycles. The van der Waals surface area contributed by atoms with Gasteiger partial charge in [-0.15, -0.1) is 0 Å². The molecule has 6 atom stereocenters. The van der Waals surface area contributed by atoms with Crippen LogP contribution in [0.3, 0.4) is 0 Å². The number of hydrogen-bond acceptors (Lipinski definition) is 11. The Balaban J connectivity index is 1.60. The third-order valence-corrected chi connectivity index (χ3v) is 7.39. The fraction of sp³-hybridized carbons (Fsp3) is 0.679. The topological polar surface area (TPSA) is 188 Å². The number of hydrogen-bond donors (Lipinski definition) is 8. The summed E-state index contributed by atoms with van der Waals surface area (Å²) >= 11 is 0. The van der Waals surface area contributed by atoms with Crippen molar-refractivity contribution in [2.45, 2.75) is 84.4 Å². The minimum absolute atomic E-state index is 0.149. The van der Waals surface area contributed by atoms with Crippen LogP contribution in [-0.2, 0) is 20.7 Å². The number of carbonyl (C=O) groups excluding carboxylic acids is 1. The van der Waals surface area contributed by atoms with Crippen LogP contribution in [0.15, 0.2) is 29.5 Å². The summed E-state index contributed by atoms with van der Waals surface area (Å²) in [5, 5.41) is 43.4. The number of amides is 1. The Labute approximate surface area is 235 Å². The lowest BCUT2D eigenvalue weighted by Crippen LogP contribution is -2.60. The van der Waals surface area contributed by atoms with E-state index in [4.69, 9.17) is 19.9 Å². The minimum Gasteiger partial charge on any atom is -0.494 e. The normalized spacial score (nSPS) is 27.2.